The van der Waals surface area contributed by atoms with Gasteiger partial charge in [0.05, 0.1) is 9.52 Å². The maximum atomic E-state index is 5.64. The highest BCUT2D eigenvalue weighted by atomic mass is 28.2. The Kier molecular flexibility index (Phi) is 2.74. The summed E-state index contributed by atoms with van der Waals surface area (Å²) in [7, 11) is -0.377. The average molecular weight is 214 g/mol. The molecule has 0 aliphatic carbocycles. The van der Waals surface area contributed by atoms with E-state index in [0.29, 0.717) is 0 Å². The summed E-state index contributed by atoms with van der Waals surface area (Å²) in [5, 5.41) is 2.79. The molecule has 0 amide bonds. The van der Waals surface area contributed by atoms with Gasteiger partial charge in [-0.1, -0.05) is 34.6 Å². The van der Waals surface area contributed by atoms with E-state index in [0.717, 1.165) is 11.4 Å². The first-order chi connectivity index (χ1) is 7.24. The van der Waals surface area contributed by atoms with Crippen LogP contribution in [-0.4, -0.2) is 9.52 Å². The third-order valence-electron chi connectivity index (χ3n) is 2.37. The van der Waals surface area contributed by atoms with Crippen LogP contribution in [0, 0.1) is 0 Å². The molecular weight excluding hydrogens is 200 g/mol. The van der Waals surface area contributed by atoms with E-state index in [2.05, 4.69) is 24.3 Å². The van der Waals surface area contributed by atoms with E-state index in [1.54, 1.807) is 0 Å². The van der Waals surface area contributed by atoms with E-state index < -0.39 is 0 Å². The maximum Gasteiger partial charge on any atom is 0.0875 e. The van der Waals surface area contributed by atoms with Crippen LogP contribution in [0.25, 0.3) is 0 Å². The van der Waals surface area contributed by atoms with Gasteiger partial charge >= 0.3 is 0 Å². The van der Waals surface area contributed by atoms with Gasteiger partial charge in [0.2, 0.25) is 0 Å². The minimum absolute atomic E-state index is 0.377. The molecule has 0 saturated carbocycles. The van der Waals surface area contributed by atoms with Gasteiger partial charge in [0.25, 0.3) is 0 Å². The van der Waals surface area contributed by atoms with Gasteiger partial charge in [-0.15, -0.1) is 0 Å². The summed E-state index contributed by atoms with van der Waals surface area (Å²) in [5.41, 5.74) is 12.9. The van der Waals surface area contributed by atoms with Crippen LogP contribution in [0.4, 0.5) is 11.4 Å². The van der Waals surface area contributed by atoms with Crippen LogP contribution in [0.2, 0.25) is 0 Å². The smallest absolute Gasteiger partial charge is 0.0875 e. The van der Waals surface area contributed by atoms with Crippen molar-refractivity contribution in [1.82, 2.24) is 0 Å². The fraction of sp³-hybridized carbons (Fsp3) is 0. The summed E-state index contributed by atoms with van der Waals surface area (Å²) >= 11 is 0. The molecule has 2 aromatic carbocycles. The first-order valence-corrected chi connectivity index (χ1v) is 6.34. The van der Waals surface area contributed by atoms with Gasteiger partial charge in [0.15, 0.2) is 0 Å². The number of nitrogens with two attached hydrogens (primary N) is 2. The third-order valence-corrected chi connectivity index (χ3v) is 4.13. The zero-order valence-electron chi connectivity index (χ0n) is 8.48. The SMILES string of the molecule is Nc1ccc([SiH2]c2ccc(N)cc2)cc1. The summed E-state index contributed by atoms with van der Waals surface area (Å²) < 4.78 is 0. The monoisotopic (exact) mass is 214 g/mol. The van der Waals surface area contributed by atoms with Crippen LogP contribution in [0.1, 0.15) is 0 Å². The summed E-state index contributed by atoms with van der Waals surface area (Å²) in [5.74, 6) is 0. The Hall–Kier alpha value is -1.74. The summed E-state index contributed by atoms with van der Waals surface area (Å²) in [6.45, 7) is 0. The maximum absolute atomic E-state index is 5.64. The lowest BCUT2D eigenvalue weighted by molar-refractivity contribution is 1.71. The molecule has 0 fully saturated rings. The van der Waals surface area contributed by atoms with Gasteiger partial charge in [-0.25, -0.2) is 0 Å². The molecule has 0 aromatic heterocycles. The molecule has 76 valence electrons. The second kappa shape index (κ2) is 4.19. The van der Waals surface area contributed by atoms with Crippen LogP contribution in [0.3, 0.4) is 0 Å². The number of benzene rings is 2. The van der Waals surface area contributed by atoms with Crippen LogP contribution >= 0.6 is 0 Å². The topological polar surface area (TPSA) is 52.0 Å². The Labute approximate surface area is 91.7 Å². The normalized spacial score (nSPS) is 10.1. The number of hydrogen-bond donors (Lipinski definition) is 2. The third kappa shape index (κ3) is 2.60. The zero-order valence-corrected chi connectivity index (χ0v) is 9.89. The molecule has 2 nitrogen and oxygen atoms in total. The fourth-order valence-corrected chi connectivity index (χ4v) is 2.92. The molecule has 0 heterocycles. The van der Waals surface area contributed by atoms with Crippen LogP contribution < -0.4 is 21.8 Å². The van der Waals surface area contributed by atoms with Gasteiger partial charge in [-0.2, -0.15) is 0 Å². The van der Waals surface area contributed by atoms with E-state index in [-0.39, 0.29) is 9.52 Å². The second-order valence-corrected chi connectivity index (χ2v) is 5.65. The Morgan fingerprint density at radius 3 is 1.27 bits per heavy atom. The van der Waals surface area contributed by atoms with Gasteiger partial charge in [0.1, 0.15) is 0 Å². The van der Waals surface area contributed by atoms with Crippen molar-refractivity contribution in [2.24, 2.45) is 0 Å². The van der Waals surface area contributed by atoms with Crippen LogP contribution in [-0.2, 0) is 0 Å². The highest BCUT2D eigenvalue weighted by molar-refractivity contribution is 6.67. The van der Waals surface area contributed by atoms with Crippen molar-refractivity contribution in [1.29, 1.82) is 0 Å². The molecule has 0 radical (unpaired) electrons. The second-order valence-electron chi connectivity index (χ2n) is 3.66. The predicted molar refractivity (Wildman–Crippen MR) is 69.5 cm³/mol. The van der Waals surface area contributed by atoms with E-state index in [1.165, 1.54) is 10.4 Å². The lowest BCUT2D eigenvalue weighted by atomic mass is 10.3. The summed E-state index contributed by atoms with van der Waals surface area (Å²) in [6, 6.07) is 16.3. The predicted octanol–water partition coefficient (Wildman–Crippen LogP) is -0.0294. The zero-order chi connectivity index (χ0) is 10.7. The van der Waals surface area contributed by atoms with Crippen LogP contribution in [0.15, 0.2) is 48.5 Å². The summed E-state index contributed by atoms with van der Waals surface area (Å²) in [6.07, 6.45) is 0. The quantitative estimate of drug-likeness (QED) is 0.545. The summed E-state index contributed by atoms with van der Waals surface area (Å²) in [4.78, 5) is 0. The molecule has 0 bridgehead atoms. The number of hydrogen-bond acceptors (Lipinski definition) is 2. The highest BCUT2D eigenvalue weighted by Gasteiger charge is 1.96. The first-order valence-electron chi connectivity index (χ1n) is 4.93. The standard InChI is InChI=1S/C12H14N2Si/c13-9-1-5-11(6-2-9)15-12-7-3-10(14)4-8-12/h1-8H,13-15H2. The Balaban J connectivity index is 2.15. The molecule has 0 unspecified atom stereocenters. The van der Waals surface area contributed by atoms with Gasteiger partial charge in [-0.05, 0) is 24.3 Å². The van der Waals surface area contributed by atoms with E-state index in [4.69, 9.17) is 11.5 Å². The molecular formula is C12H14N2Si. The molecule has 0 saturated heterocycles. The molecule has 15 heavy (non-hydrogen) atoms. The molecule has 4 N–H and O–H groups in total. The largest absolute Gasteiger partial charge is 0.399 e. The van der Waals surface area contributed by atoms with Crippen molar-refractivity contribution in [3.8, 4) is 0 Å². The van der Waals surface area contributed by atoms with Gasteiger partial charge < -0.3 is 11.5 Å². The average Bonchev–Trinajstić information content (AvgIpc) is 2.25. The van der Waals surface area contributed by atoms with Crippen LogP contribution in [0.5, 0.6) is 0 Å². The van der Waals surface area contributed by atoms with Crippen molar-refractivity contribution in [2.45, 2.75) is 0 Å². The van der Waals surface area contributed by atoms with Gasteiger partial charge in [-0.3, -0.25) is 0 Å². The molecule has 3 heteroatoms. The first kappa shape index (κ1) is 9.80. The van der Waals surface area contributed by atoms with Gasteiger partial charge in [0, 0.05) is 11.4 Å². The highest BCUT2D eigenvalue weighted by Crippen LogP contribution is 1.98. The molecule has 0 spiro atoms. The Morgan fingerprint density at radius 2 is 0.933 bits per heavy atom. The van der Waals surface area contributed by atoms with Crippen molar-refractivity contribution < 1.29 is 0 Å². The van der Waals surface area contributed by atoms with Crippen molar-refractivity contribution in [3.63, 3.8) is 0 Å². The number of nitrogen functional groups attached to an aromatic ring is 2. The van der Waals surface area contributed by atoms with E-state index in [9.17, 15) is 0 Å². The Bertz CT molecular complexity index is 391. The number of rotatable bonds is 2. The minimum Gasteiger partial charge on any atom is -0.399 e. The van der Waals surface area contributed by atoms with E-state index in [1.807, 2.05) is 24.3 Å². The molecule has 2 rings (SSSR count). The number of anilines is 2. The van der Waals surface area contributed by atoms with E-state index >= 15 is 0 Å². The van der Waals surface area contributed by atoms with Crippen molar-refractivity contribution >= 4 is 31.3 Å². The molecule has 0 aliphatic rings. The molecule has 0 atom stereocenters. The molecule has 2 aromatic rings. The Morgan fingerprint density at radius 1 is 0.600 bits per heavy atom. The lowest BCUT2D eigenvalue weighted by Gasteiger charge is -2.02. The lowest BCUT2D eigenvalue weighted by Crippen LogP contribution is -2.26. The minimum atomic E-state index is -0.377. The fourth-order valence-electron chi connectivity index (χ4n) is 1.51. The van der Waals surface area contributed by atoms with Crippen molar-refractivity contribution in [3.05, 3.63) is 48.5 Å². The van der Waals surface area contributed by atoms with Crippen molar-refractivity contribution in [2.75, 3.05) is 11.5 Å². The molecule has 0 aliphatic heterocycles.